The Balaban J connectivity index is 1.94. The van der Waals surface area contributed by atoms with E-state index in [0.717, 1.165) is 43.6 Å². The number of nitrogens with zero attached hydrogens (tertiary/aromatic N) is 3. The van der Waals surface area contributed by atoms with Crippen molar-refractivity contribution in [1.82, 2.24) is 9.80 Å². The zero-order valence-electron chi connectivity index (χ0n) is 13.8. The van der Waals surface area contributed by atoms with Crippen LogP contribution in [-0.2, 0) is 11.3 Å². The van der Waals surface area contributed by atoms with Gasteiger partial charge in [0.15, 0.2) is 0 Å². The molecule has 1 aliphatic carbocycles. The van der Waals surface area contributed by atoms with Crippen molar-refractivity contribution in [2.24, 2.45) is 0 Å². The lowest BCUT2D eigenvalue weighted by molar-refractivity contribution is -0.135. The van der Waals surface area contributed by atoms with Gasteiger partial charge in [0, 0.05) is 7.05 Å². The lowest BCUT2D eigenvalue weighted by atomic mass is 9.81. The van der Waals surface area contributed by atoms with Crippen LogP contribution in [0.2, 0.25) is 0 Å². The molecule has 0 N–H and O–H groups in total. The summed E-state index contributed by atoms with van der Waals surface area (Å²) in [5, 5.41) is 9.56. The van der Waals surface area contributed by atoms with Crippen LogP contribution >= 0.6 is 0 Å². The number of likely N-dealkylation sites (N-methyl/N-ethyl adjacent to an activating group) is 2. The van der Waals surface area contributed by atoms with Crippen LogP contribution in [0.4, 0.5) is 0 Å². The number of furan rings is 1. The van der Waals surface area contributed by atoms with Gasteiger partial charge in [-0.25, -0.2) is 0 Å². The van der Waals surface area contributed by atoms with Gasteiger partial charge < -0.3 is 9.32 Å². The minimum Gasteiger partial charge on any atom is -0.465 e. The van der Waals surface area contributed by atoms with Crippen molar-refractivity contribution in [3.05, 3.63) is 23.7 Å². The van der Waals surface area contributed by atoms with E-state index in [0.29, 0.717) is 13.1 Å². The number of rotatable bonds is 5. The minimum atomic E-state index is -0.614. The van der Waals surface area contributed by atoms with Crippen molar-refractivity contribution in [3.63, 3.8) is 0 Å². The van der Waals surface area contributed by atoms with Gasteiger partial charge in [-0.05, 0) is 38.9 Å². The van der Waals surface area contributed by atoms with E-state index in [9.17, 15) is 10.1 Å². The molecule has 2 rings (SSSR count). The molecular formula is C17H25N3O2. The number of carbonyl (C=O) groups is 1. The van der Waals surface area contributed by atoms with Crippen LogP contribution in [0.5, 0.6) is 0 Å². The summed E-state index contributed by atoms with van der Waals surface area (Å²) in [7, 11) is 3.66. The standard InChI is InChI=1S/C17H25N3O2/c1-14-7-8-15(22-14)11-19(2)12-16(21)20(3)17(13-18)9-5-4-6-10-17/h7-8H,4-6,9-12H2,1-3H3. The van der Waals surface area contributed by atoms with Crippen molar-refractivity contribution in [2.75, 3.05) is 20.6 Å². The Morgan fingerprint density at radius 1 is 1.32 bits per heavy atom. The third-order valence-electron chi connectivity index (χ3n) is 4.53. The molecule has 1 aliphatic rings. The van der Waals surface area contributed by atoms with E-state index in [1.54, 1.807) is 11.9 Å². The second-order valence-corrected chi connectivity index (χ2v) is 6.34. The van der Waals surface area contributed by atoms with Crippen molar-refractivity contribution in [2.45, 2.75) is 51.1 Å². The molecule has 0 aliphatic heterocycles. The van der Waals surface area contributed by atoms with Crippen LogP contribution in [-0.4, -0.2) is 41.9 Å². The highest BCUT2D eigenvalue weighted by molar-refractivity contribution is 5.79. The Hall–Kier alpha value is -1.80. The first-order valence-electron chi connectivity index (χ1n) is 7.88. The lowest BCUT2D eigenvalue weighted by Crippen LogP contribution is -2.52. The normalized spacial score (nSPS) is 17.2. The van der Waals surface area contributed by atoms with Crippen molar-refractivity contribution in [1.29, 1.82) is 5.26 Å². The summed E-state index contributed by atoms with van der Waals surface area (Å²) in [6.07, 6.45) is 4.77. The SMILES string of the molecule is Cc1ccc(CN(C)CC(=O)N(C)C2(C#N)CCCCC2)o1. The molecule has 5 nitrogen and oxygen atoms in total. The summed E-state index contributed by atoms with van der Waals surface area (Å²) in [4.78, 5) is 16.1. The topological polar surface area (TPSA) is 60.5 Å². The van der Waals surface area contributed by atoms with Gasteiger partial charge in [0.05, 0.1) is 19.2 Å². The first-order chi connectivity index (χ1) is 10.5. The molecule has 1 aromatic heterocycles. The molecule has 120 valence electrons. The highest BCUT2D eigenvalue weighted by atomic mass is 16.3. The summed E-state index contributed by atoms with van der Waals surface area (Å²) in [5.74, 6) is 1.72. The van der Waals surface area contributed by atoms with Gasteiger partial charge in [0.2, 0.25) is 5.91 Å². The number of carbonyl (C=O) groups excluding carboxylic acids is 1. The van der Waals surface area contributed by atoms with Gasteiger partial charge >= 0.3 is 0 Å². The third-order valence-corrected chi connectivity index (χ3v) is 4.53. The van der Waals surface area contributed by atoms with Gasteiger partial charge in [-0.15, -0.1) is 0 Å². The minimum absolute atomic E-state index is 0.00534. The zero-order chi connectivity index (χ0) is 16.2. The highest BCUT2D eigenvalue weighted by Crippen LogP contribution is 2.32. The number of nitriles is 1. The molecule has 0 unspecified atom stereocenters. The van der Waals surface area contributed by atoms with E-state index in [4.69, 9.17) is 4.42 Å². The van der Waals surface area contributed by atoms with Crippen LogP contribution in [0.3, 0.4) is 0 Å². The maximum atomic E-state index is 12.5. The molecule has 0 atom stereocenters. The Kier molecular flexibility index (Phi) is 5.25. The van der Waals surface area contributed by atoms with Crippen LogP contribution in [0.25, 0.3) is 0 Å². The van der Waals surface area contributed by atoms with Crippen LogP contribution in [0.1, 0.15) is 43.6 Å². The Morgan fingerprint density at radius 3 is 2.55 bits per heavy atom. The summed E-state index contributed by atoms with van der Waals surface area (Å²) in [5.41, 5.74) is -0.614. The van der Waals surface area contributed by atoms with Crippen molar-refractivity contribution >= 4 is 5.91 Å². The zero-order valence-corrected chi connectivity index (χ0v) is 13.8. The van der Waals surface area contributed by atoms with Crippen LogP contribution < -0.4 is 0 Å². The number of aryl methyl sites for hydroxylation is 1. The molecule has 22 heavy (non-hydrogen) atoms. The second-order valence-electron chi connectivity index (χ2n) is 6.34. The first kappa shape index (κ1) is 16.6. The number of hydrogen-bond acceptors (Lipinski definition) is 4. The van der Waals surface area contributed by atoms with Gasteiger partial charge in [-0.3, -0.25) is 9.69 Å². The lowest BCUT2D eigenvalue weighted by Gasteiger charge is -2.39. The Bertz CT molecular complexity index is 552. The largest absolute Gasteiger partial charge is 0.465 e. The van der Waals surface area contributed by atoms with Crippen LogP contribution in [0, 0.1) is 18.3 Å². The molecule has 0 radical (unpaired) electrons. The summed E-state index contributed by atoms with van der Waals surface area (Å²) >= 11 is 0. The molecule has 1 saturated carbocycles. The van der Waals surface area contributed by atoms with E-state index in [2.05, 4.69) is 6.07 Å². The molecular weight excluding hydrogens is 278 g/mol. The van der Waals surface area contributed by atoms with Gasteiger partial charge in [-0.1, -0.05) is 19.3 Å². The number of hydrogen-bond donors (Lipinski definition) is 0. The van der Waals surface area contributed by atoms with E-state index < -0.39 is 5.54 Å². The summed E-state index contributed by atoms with van der Waals surface area (Å²) < 4.78 is 5.53. The van der Waals surface area contributed by atoms with Gasteiger partial charge in [-0.2, -0.15) is 5.26 Å². The average Bonchev–Trinajstić information content (AvgIpc) is 2.91. The third kappa shape index (κ3) is 3.69. The molecule has 0 spiro atoms. The Labute approximate surface area is 132 Å². The maximum absolute atomic E-state index is 12.5. The second kappa shape index (κ2) is 6.97. The monoisotopic (exact) mass is 303 g/mol. The molecule has 1 heterocycles. The highest BCUT2D eigenvalue weighted by Gasteiger charge is 2.38. The van der Waals surface area contributed by atoms with Crippen LogP contribution in [0.15, 0.2) is 16.5 Å². The predicted octanol–water partition coefficient (Wildman–Crippen LogP) is 2.70. The Morgan fingerprint density at radius 2 is 2.00 bits per heavy atom. The van der Waals surface area contributed by atoms with E-state index in [1.165, 1.54) is 0 Å². The van der Waals surface area contributed by atoms with Crippen molar-refractivity contribution in [3.8, 4) is 6.07 Å². The molecule has 0 saturated heterocycles. The molecule has 1 aromatic rings. The smallest absolute Gasteiger partial charge is 0.237 e. The predicted molar refractivity (Wildman–Crippen MR) is 84.0 cm³/mol. The fourth-order valence-electron chi connectivity index (χ4n) is 3.13. The molecule has 5 heteroatoms. The van der Waals surface area contributed by atoms with E-state index in [-0.39, 0.29) is 5.91 Å². The van der Waals surface area contributed by atoms with E-state index in [1.807, 2.05) is 31.0 Å². The van der Waals surface area contributed by atoms with E-state index >= 15 is 0 Å². The summed E-state index contributed by atoms with van der Waals surface area (Å²) in [6, 6.07) is 6.24. The van der Waals surface area contributed by atoms with Crippen molar-refractivity contribution < 1.29 is 9.21 Å². The average molecular weight is 303 g/mol. The molecule has 0 aromatic carbocycles. The molecule has 1 amide bonds. The fourth-order valence-corrected chi connectivity index (χ4v) is 3.13. The van der Waals surface area contributed by atoms with Gasteiger partial charge in [0.25, 0.3) is 0 Å². The number of amides is 1. The molecule has 1 fully saturated rings. The van der Waals surface area contributed by atoms with Gasteiger partial charge in [0.1, 0.15) is 17.1 Å². The first-order valence-corrected chi connectivity index (χ1v) is 7.88. The molecule has 0 bridgehead atoms. The quantitative estimate of drug-likeness (QED) is 0.839. The maximum Gasteiger partial charge on any atom is 0.237 e. The fraction of sp³-hybridized carbons (Fsp3) is 0.647. The summed E-state index contributed by atoms with van der Waals surface area (Å²) in [6.45, 7) is 2.79.